The van der Waals surface area contributed by atoms with Crippen LogP contribution >= 0.6 is 0 Å². The van der Waals surface area contributed by atoms with Gasteiger partial charge in [0.2, 0.25) is 0 Å². The molecule has 0 unspecified atom stereocenters. The van der Waals surface area contributed by atoms with E-state index in [4.69, 9.17) is 5.11 Å². The third kappa shape index (κ3) is 2.62. The van der Waals surface area contributed by atoms with Gasteiger partial charge in [0.05, 0.1) is 12.7 Å². The number of hydrogen-bond acceptors (Lipinski definition) is 4. The second kappa shape index (κ2) is 5.34. The minimum atomic E-state index is -1.23. The van der Waals surface area contributed by atoms with Gasteiger partial charge in [0.1, 0.15) is 11.3 Å². The Morgan fingerprint density at radius 3 is 2.62 bits per heavy atom. The van der Waals surface area contributed by atoms with E-state index in [1.54, 1.807) is 0 Å². The Kier molecular flexibility index (Phi) is 4.10. The van der Waals surface area contributed by atoms with Crippen LogP contribution in [-0.2, 0) is 14.3 Å². The van der Waals surface area contributed by atoms with Gasteiger partial charge in [-0.1, -0.05) is 6.08 Å². The highest BCUT2D eigenvalue weighted by atomic mass is 16.5. The second-order valence-electron chi connectivity index (χ2n) is 3.48. The summed E-state index contributed by atoms with van der Waals surface area (Å²) < 4.78 is 4.48. The molecule has 0 spiro atoms. The molecule has 0 saturated heterocycles. The van der Waals surface area contributed by atoms with Gasteiger partial charge < -0.3 is 14.9 Å². The van der Waals surface area contributed by atoms with Crippen molar-refractivity contribution in [2.24, 2.45) is 0 Å². The normalized spacial score (nSPS) is 17.2. The first kappa shape index (κ1) is 12.3. The standard InChI is InChI=1S/C11H14O5/c1-16-11(15)9-7(10(13)14)5-3-2-4-6-8(9)12/h5,12H,2-4,6H2,1H3,(H,13,14). The van der Waals surface area contributed by atoms with Gasteiger partial charge in [0.25, 0.3) is 0 Å². The topological polar surface area (TPSA) is 83.8 Å². The minimum absolute atomic E-state index is 0.177. The molecule has 1 aliphatic carbocycles. The smallest absolute Gasteiger partial charge is 0.342 e. The summed E-state index contributed by atoms with van der Waals surface area (Å²) in [6, 6.07) is 0. The van der Waals surface area contributed by atoms with E-state index in [1.165, 1.54) is 6.08 Å². The van der Waals surface area contributed by atoms with Crippen LogP contribution in [0, 0.1) is 0 Å². The summed E-state index contributed by atoms with van der Waals surface area (Å²) in [5.41, 5.74) is -0.404. The molecule has 0 saturated carbocycles. The summed E-state index contributed by atoms with van der Waals surface area (Å²) in [6.45, 7) is 0. The van der Waals surface area contributed by atoms with Crippen LogP contribution in [0.1, 0.15) is 25.7 Å². The average Bonchev–Trinajstić information content (AvgIpc) is 2.22. The fourth-order valence-electron chi connectivity index (χ4n) is 1.59. The molecule has 0 aromatic carbocycles. The van der Waals surface area contributed by atoms with E-state index in [0.29, 0.717) is 12.8 Å². The van der Waals surface area contributed by atoms with Gasteiger partial charge in [-0.2, -0.15) is 0 Å². The summed E-state index contributed by atoms with van der Waals surface area (Å²) >= 11 is 0. The largest absolute Gasteiger partial charge is 0.511 e. The molecule has 5 heteroatoms. The number of hydrogen-bond donors (Lipinski definition) is 2. The van der Waals surface area contributed by atoms with Gasteiger partial charge in [-0.3, -0.25) is 0 Å². The number of carboxylic acid groups (broad SMARTS) is 1. The SMILES string of the molecule is COC(=O)C1=C(O)CCCCC=C1C(=O)O. The number of ether oxygens (including phenoxy) is 1. The third-order valence-electron chi connectivity index (χ3n) is 2.39. The van der Waals surface area contributed by atoms with E-state index in [-0.39, 0.29) is 16.9 Å². The zero-order chi connectivity index (χ0) is 12.1. The first-order valence-corrected chi connectivity index (χ1v) is 5.02. The Hall–Kier alpha value is -1.78. The number of carbonyl (C=O) groups is 2. The van der Waals surface area contributed by atoms with Crippen LogP contribution in [0.3, 0.4) is 0 Å². The van der Waals surface area contributed by atoms with E-state index in [2.05, 4.69) is 4.74 Å². The average molecular weight is 226 g/mol. The summed E-state index contributed by atoms with van der Waals surface area (Å²) in [5, 5.41) is 18.6. The predicted octanol–water partition coefficient (Wildman–Crippen LogP) is 1.56. The van der Waals surface area contributed by atoms with Crippen LogP contribution in [0.2, 0.25) is 0 Å². The minimum Gasteiger partial charge on any atom is -0.511 e. The number of aliphatic carboxylic acids is 1. The molecule has 2 N–H and O–H groups in total. The number of methoxy groups -OCH3 is 1. The quantitative estimate of drug-likeness (QED) is 0.698. The lowest BCUT2D eigenvalue weighted by Gasteiger charge is -2.12. The Bertz CT molecular complexity index is 365. The summed E-state index contributed by atoms with van der Waals surface area (Å²) in [6.07, 6.45) is 3.83. The molecule has 0 amide bonds. The fourth-order valence-corrected chi connectivity index (χ4v) is 1.59. The van der Waals surface area contributed by atoms with Crippen LogP contribution in [0.4, 0.5) is 0 Å². The van der Waals surface area contributed by atoms with E-state index in [0.717, 1.165) is 20.0 Å². The molecule has 0 aromatic rings. The highest BCUT2D eigenvalue weighted by molar-refractivity contribution is 6.06. The molecular weight excluding hydrogens is 212 g/mol. The van der Waals surface area contributed by atoms with Gasteiger partial charge in [-0.25, -0.2) is 9.59 Å². The molecular formula is C11H14O5. The highest BCUT2D eigenvalue weighted by Crippen LogP contribution is 2.23. The molecule has 0 aromatic heterocycles. The van der Waals surface area contributed by atoms with Crippen LogP contribution in [0.5, 0.6) is 0 Å². The molecule has 0 atom stereocenters. The Morgan fingerprint density at radius 2 is 2.06 bits per heavy atom. The van der Waals surface area contributed by atoms with Gasteiger partial charge in [-0.15, -0.1) is 0 Å². The van der Waals surface area contributed by atoms with E-state index >= 15 is 0 Å². The number of rotatable bonds is 2. The van der Waals surface area contributed by atoms with Crippen molar-refractivity contribution in [2.75, 3.05) is 7.11 Å². The van der Waals surface area contributed by atoms with Gasteiger partial charge in [-0.05, 0) is 19.3 Å². The fraction of sp³-hybridized carbons (Fsp3) is 0.455. The maximum absolute atomic E-state index is 11.4. The van der Waals surface area contributed by atoms with E-state index in [9.17, 15) is 14.7 Å². The number of carboxylic acids is 1. The molecule has 1 aliphatic rings. The number of aliphatic hydroxyl groups excluding tert-OH is 1. The summed E-state index contributed by atoms with van der Waals surface area (Å²) in [5.74, 6) is -2.25. The molecule has 1 rings (SSSR count). The van der Waals surface area contributed by atoms with Crippen molar-refractivity contribution in [2.45, 2.75) is 25.7 Å². The molecule has 0 fully saturated rings. The molecule has 5 nitrogen and oxygen atoms in total. The molecule has 0 aliphatic heterocycles. The Balaban J connectivity index is 3.21. The van der Waals surface area contributed by atoms with Crippen molar-refractivity contribution < 1.29 is 24.5 Å². The van der Waals surface area contributed by atoms with E-state index < -0.39 is 11.9 Å². The predicted molar refractivity (Wildman–Crippen MR) is 55.9 cm³/mol. The number of allylic oxidation sites excluding steroid dienone is 2. The highest BCUT2D eigenvalue weighted by Gasteiger charge is 2.25. The molecule has 0 radical (unpaired) electrons. The van der Waals surface area contributed by atoms with Crippen molar-refractivity contribution in [1.29, 1.82) is 0 Å². The number of aliphatic hydroxyl groups is 1. The van der Waals surface area contributed by atoms with Crippen molar-refractivity contribution in [3.05, 3.63) is 23.0 Å². The van der Waals surface area contributed by atoms with Crippen molar-refractivity contribution in [3.8, 4) is 0 Å². The Morgan fingerprint density at radius 1 is 1.38 bits per heavy atom. The monoisotopic (exact) mass is 226 g/mol. The molecule has 88 valence electrons. The zero-order valence-corrected chi connectivity index (χ0v) is 9.02. The maximum atomic E-state index is 11.4. The van der Waals surface area contributed by atoms with E-state index in [1.807, 2.05) is 0 Å². The van der Waals surface area contributed by atoms with Gasteiger partial charge >= 0.3 is 11.9 Å². The first-order chi connectivity index (χ1) is 7.57. The lowest BCUT2D eigenvalue weighted by Crippen LogP contribution is -2.16. The van der Waals surface area contributed by atoms with Gasteiger partial charge in [0.15, 0.2) is 0 Å². The number of carbonyl (C=O) groups excluding carboxylic acids is 1. The second-order valence-corrected chi connectivity index (χ2v) is 3.48. The van der Waals surface area contributed by atoms with Crippen molar-refractivity contribution in [3.63, 3.8) is 0 Å². The molecule has 0 bridgehead atoms. The van der Waals surface area contributed by atoms with Crippen molar-refractivity contribution in [1.82, 2.24) is 0 Å². The van der Waals surface area contributed by atoms with Crippen LogP contribution in [0.25, 0.3) is 0 Å². The summed E-state index contributed by atoms with van der Waals surface area (Å²) in [7, 11) is 1.15. The number of esters is 1. The van der Waals surface area contributed by atoms with Crippen LogP contribution in [-0.4, -0.2) is 29.3 Å². The van der Waals surface area contributed by atoms with Crippen LogP contribution < -0.4 is 0 Å². The molecule has 16 heavy (non-hydrogen) atoms. The molecule has 0 heterocycles. The third-order valence-corrected chi connectivity index (χ3v) is 2.39. The Labute approximate surface area is 93.0 Å². The van der Waals surface area contributed by atoms with Crippen LogP contribution in [0.15, 0.2) is 23.0 Å². The van der Waals surface area contributed by atoms with Crippen molar-refractivity contribution >= 4 is 11.9 Å². The first-order valence-electron chi connectivity index (χ1n) is 5.02. The maximum Gasteiger partial charge on any atom is 0.342 e. The lowest BCUT2D eigenvalue weighted by molar-refractivity contribution is -0.138. The zero-order valence-electron chi connectivity index (χ0n) is 9.02. The lowest BCUT2D eigenvalue weighted by atomic mass is 9.97. The summed E-state index contributed by atoms with van der Waals surface area (Å²) in [4.78, 5) is 22.4. The van der Waals surface area contributed by atoms with Gasteiger partial charge in [0, 0.05) is 6.42 Å².